The van der Waals surface area contributed by atoms with E-state index in [0.29, 0.717) is 33.5 Å². The molecule has 0 radical (unpaired) electrons. The minimum Gasteiger partial charge on any atom is -0.347 e. The van der Waals surface area contributed by atoms with E-state index in [9.17, 15) is 10.1 Å². The van der Waals surface area contributed by atoms with Crippen molar-refractivity contribution in [1.82, 2.24) is 9.47 Å². The number of hydrogen-bond donors (Lipinski definition) is 0. The van der Waals surface area contributed by atoms with Gasteiger partial charge in [0.05, 0.1) is 22.2 Å². The van der Waals surface area contributed by atoms with Gasteiger partial charge in [-0.25, -0.2) is 0 Å². The van der Waals surface area contributed by atoms with Crippen LogP contribution in [0.2, 0.25) is 10.0 Å². The number of carbonyl (C=O) groups excluding carboxylic acids is 1. The van der Waals surface area contributed by atoms with E-state index < -0.39 is 0 Å². The van der Waals surface area contributed by atoms with E-state index in [0.717, 1.165) is 53.7 Å². The van der Waals surface area contributed by atoms with E-state index in [2.05, 4.69) is 37.5 Å². The highest BCUT2D eigenvalue weighted by Crippen LogP contribution is 2.36. The van der Waals surface area contributed by atoms with Crippen molar-refractivity contribution in [2.75, 3.05) is 13.1 Å². The number of hydrogen-bond acceptors (Lipinski definition) is 2. The number of aromatic nitrogens is 1. The third-order valence-electron chi connectivity index (χ3n) is 7.38. The predicted molar refractivity (Wildman–Crippen MR) is 140 cm³/mol. The molecule has 1 amide bonds. The Morgan fingerprint density at radius 1 is 1.15 bits per heavy atom. The first-order valence-electron chi connectivity index (χ1n) is 11.8. The molecule has 0 saturated carbocycles. The first-order valence-corrected chi connectivity index (χ1v) is 12.5. The van der Waals surface area contributed by atoms with E-state index >= 15 is 0 Å². The second-order valence-corrected chi connectivity index (χ2v) is 11.3. The fourth-order valence-corrected chi connectivity index (χ4v) is 5.71. The van der Waals surface area contributed by atoms with Crippen LogP contribution in [0.25, 0.3) is 10.9 Å². The molecule has 0 unspecified atom stereocenters. The summed E-state index contributed by atoms with van der Waals surface area (Å²) in [4.78, 5) is 15.3. The third-order valence-corrected chi connectivity index (χ3v) is 8.16. The van der Waals surface area contributed by atoms with Gasteiger partial charge in [0.1, 0.15) is 0 Å². The zero-order valence-corrected chi connectivity index (χ0v) is 22.0. The number of nitrogens with zero attached hydrogens (tertiary/aromatic N) is 3. The molecule has 1 saturated heterocycles. The molecule has 4 rings (SSSR count). The van der Waals surface area contributed by atoms with E-state index in [1.165, 1.54) is 0 Å². The number of piperidine rings is 1. The number of amides is 1. The van der Waals surface area contributed by atoms with Crippen LogP contribution >= 0.6 is 23.2 Å². The van der Waals surface area contributed by atoms with Gasteiger partial charge in [0.2, 0.25) is 0 Å². The lowest BCUT2D eigenvalue weighted by Gasteiger charge is -2.39. The smallest absolute Gasteiger partial charge is 0.255 e. The summed E-state index contributed by atoms with van der Waals surface area (Å²) >= 11 is 13.4. The molecule has 2 aromatic carbocycles. The number of benzene rings is 2. The zero-order chi connectivity index (χ0) is 24.8. The van der Waals surface area contributed by atoms with Crippen LogP contribution in [0.1, 0.15) is 66.4 Å². The van der Waals surface area contributed by atoms with Crippen LogP contribution in [-0.4, -0.2) is 28.5 Å². The zero-order valence-electron chi connectivity index (χ0n) is 20.5. The van der Waals surface area contributed by atoms with Gasteiger partial charge in [0, 0.05) is 48.2 Å². The average molecular weight is 496 g/mol. The van der Waals surface area contributed by atoms with Gasteiger partial charge in [0.15, 0.2) is 0 Å². The molecule has 1 aromatic heterocycles. The molecule has 6 heteroatoms. The standard InChI is InChI=1S/C28H31Cl2N3O/c1-17-12-18(16-31)13-25-22(17)14-20(32(25)5)15-23-24(29)7-6-21(26(23)30)27(34)33-10-8-19(9-11-33)28(2,3)4/h6-7,12-14,19H,8-11,15H2,1-5H3. The lowest BCUT2D eigenvalue weighted by atomic mass is 9.75. The van der Waals surface area contributed by atoms with Crippen molar-refractivity contribution in [1.29, 1.82) is 5.26 Å². The minimum atomic E-state index is -0.0261. The van der Waals surface area contributed by atoms with Crippen LogP contribution in [-0.2, 0) is 13.5 Å². The van der Waals surface area contributed by atoms with Gasteiger partial charge in [-0.05, 0) is 72.6 Å². The highest BCUT2D eigenvalue weighted by atomic mass is 35.5. The van der Waals surface area contributed by atoms with Crippen molar-refractivity contribution in [2.24, 2.45) is 18.4 Å². The van der Waals surface area contributed by atoms with Crippen molar-refractivity contribution < 1.29 is 4.79 Å². The SMILES string of the molecule is Cc1cc(C#N)cc2c1cc(Cc1c(Cl)ccc(C(=O)N3CCC(C(C)(C)C)CC3)c1Cl)n2C. The molecular weight excluding hydrogens is 465 g/mol. The Morgan fingerprint density at radius 2 is 1.82 bits per heavy atom. The van der Waals surface area contributed by atoms with Crippen molar-refractivity contribution in [3.63, 3.8) is 0 Å². The topological polar surface area (TPSA) is 49.0 Å². The molecule has 0 bridgehead atoms. The van der Waals surface area contributed by atoms with E-state index in [4.69, 9.17) is 23.2 Å². The van der Waals surface area contributed by atoms with Crippen LogP contribution in [0.5, 0.6) is 0 Å². The lowest BCUT2D eigenvalue weighted by molar-refractivity contribution is 0.0609. The molecule has 1 fully saturated rings. The van der Waals surface area contributed by atoms with Gasteiger partial charge in [-0.15, -0.1) is 0 Å². The quantitative estimate of drug-likeness (QED) is 0.387. The Hall–Kier alpha value is -2.48. The maximum absolute atomic E-state index is 13.4. The van der Waals surface area contributed by atoms with Crippen molar-refractivity contribution >= 4 is 40.0 Å². The molecule has 0 spiro atoms. The van der Waals surface area contributed by atoms with Gasteiger partial charge < -0.3 is 9.47 Å². The number of fused-ring (bicyclic) bond motifs is 1. The molecule has 178 valence electrons. The van der Waals surface area contributed by atoms with Crippen molar-refractivity contribution in [2.45, 2.75) is 47.0 Å². The summed E-state index contributed by atoms with van der Waals surface area (Å²) in [5, 5.41) is 11.4. The fourth-order valence-electron chi connectivity index (χ4n) is 5.12. The van der Waals surface area contributed by atoms with Crippen molar-refractivity contribution in [3.05, 3.63) is 68.3 Å². The number of aryl methyl sites for hydroxylation is 2. The highest BCUT2D eigenvalue weighted by molar-refractivity contribution is 6.38. The summed E-state index contributed by atoms with van der Waals surface area (Å²) in [6, 6.07) is 11.7. The Labute approximate surface area is 212 Å². The molecule has 3 aromatic rings. The Kier molecular flexibility index (Phi) is 6.73. The monoisotopic (exact) mass is 495 g/mol. The largest absolute Gasteiger partial charge is 0.347 e. The summed E-state index contributed by atoms with van der Waals surface area (Å²) < 4.78 is 2.07. The van der Waals surface area contributed by atoms with Crippen LogP contribution in [0.4, 0.5) is 0 Å². The Bertz CT molecular complexity index is 1300. The summed E-state index contributed by atoms with van der Waals surface area (Å²) in [6.07, 6.45) is 2.51. The fraction of sp³-hybridized carbons (Fsp3) is 0.429. The Morgan fingerprint density at radius 3 is 2.44 bits per heavy atom. The minimum absolute atomic E-state index is 0.0261. The molecule has 1 aliphatic heterocycles. The molecule has 0 aliphatic carbocycles. The van der Waals surface area contributed by atoms with Gasteiger partial charge in [-0.1, -0.05) is 44.0 Å². The molecular formula is C28H31Cl2N3O. The van der Waals surface area contributed by atoms with Crippen molar-refractivity contribution in [3.8, 4) is 6.07 Å². The van der Waals surface area contributed by atoms with Crippen LogP contribution in [0.15, 0.2) is 30.3 Å². The van der Waals surface area contributed by atoms with Gasteiger partial charge in [-0.3, -0.25) is 4.79 Å². The van der Waals surface area contributed by atoms with Gasteiger partial charge in [0.25, 0.3) is 5.91 Å². The normalized spacial score (nSPS) is 15.1. The summed E-state index contributed by atoms with van der Waals surface area (Å²) in [7, 11) is 1.98. The molecule has 0 atom stereocenters. The number of halogens is 2. The number of rotatable bonds is 3. The van der Waals surface area contributed by atoms with E-state index in [-0.39, 0.29) is 11.3 Å². The molecule has 4 nitrogen and oxygen atoms in total. The van der Waals surface area contributed by atoms with Crippen LogP contribution in [0.3, 0.4) is 0 Å². The first-order chi connectivity index (χ1) is 16.0. The average Bonchev–Trinajstić information content (AvgIpc) is 3.11. The molecule has 0 N–H and O–H groups in total. The second-order valence-electron chi connectivity index (χ2n) is 10.5. The highest BCUT2D eigenvalue weighted by Gasteiger charge is 2.31. The summed E-state index contributed by atoms with van der Waals surface area (Å²) in [5.41, 5.74) is 5.22. The lowest BCUT2D eigenvalue weighted by Crippen LogP contribution is -2.41. The number of likely N-dealkylation sites (tertiary alicyclic amines) is 1. The van der Waals surface area contributed by atoms with Gasteiger partial charge >= 0.3 is 0 Å². The number of nitriles is 1. The molecule has 2 heterocycles. The molecule has 34 heavy (non-hydrogen) atoms. The molecule has 1 aliphatic rings. The maximum atomic E-state index is 13.4. The van der Waals surface area contributed by atoms with Crippen LogP contribution in [0, 0.1) is 29.6 Å². The van der Waals surface area contributed by atoms with Gasteiger partial charge in [-0.2, -0.15) is 5.26 Å². The maximum Gasteiger partial charge on any atom is 0.255 e. The third kappa shape index (κ3) is 4.57. The van der Waals surface area contributed by atoms with Crippen LogP contribution < -0.4 is 0 Å². The van der Waals surface area contributed by atoms with E-state index in [1.54, 1.807) is 12.1 Å². The number of carbonyl (C=O) groups is 1. The van der Waals surface area contributed by atoms with E-state index in [1.807, 2.05) is 31.0 Å². The Balaban J connectivity index is 1.63. The second kappa shape index (κ2) is 9.29. The summed E-state index contributed by atoms with van der Waals surface area (Å²) in [5.74, 6) is 0.589. The summed E-state index contributed by atoms with van der Waals surface area (Å²) in [6.45, 7) is 10.3. The first kappa shape index (κ1) is 24.6. The predicted octanol–water partition coefficient (Wildman–Crippen LogP) is 7.15.